The minimum Gasteiger partial charge on any atom is -0.330 e. The van der Waals surface area contributed by atoms with Crippen LogP contribution in [0, 0.1) is 0 Å². The molecule has 0 amide bonds. The van der Waals surface area contributed by atoms with Gasteiger partial charge in [0.05, 0.1) is 5.02 Å². The number of Topliss-reactive ketones (excluding diaryl/α,β-unsaturated/α-hetero) is 1. The van der Waals surface area contributed by atoms with E-state index in [0.29, 0.717) is 23.6 Å². The van der Waals surface area contributed by atoms with Crippen LogP contribution >= 0.6 is 22.9 Å². The van der Waals surface area contributed by atoms with E-state index in [-0.39, 0.29) is 5.78 Å². The Hall–Kier alpha value is -0.380. The summed E-state index contributed by atoms with van der Waals surface area (Å²) in [5.41, 5.74) is 5.82. The molecule has 0 atom stereocenters. The third kappa shape index (κ3) is 2.02. The van der Waals surface area contributed by atoms with Crippen molar-refractivity contribution in [1.82, 2.24) is 0 Å². The van der Waals surface area contributed by atoms with Gasteiger partial charge in [-0.25, -0.2) is 0 Å². The van der Waals surface area contributed by atoms with Crippen LogP contribution in [0.25, 0.3) is 0 Å². The molecule has 0 aliphatic carbocycles. The van der Waals surface area contributed by atoms with Crippen LogP contribution in [0.15, 0.2) is 10.8 Å². The summed E-state index contributed by atoms with van der Waals surface area (Å²) in [6.45, 7) is 0.380. The molecule has 60 valence electrons. The molecule has 0 aliphatic heterocycles. The molecule has 0 aromatic carbocycles. The molecule has 2 N–H and O–H groups in total. The van der Waals surface area contributed by atoms with Gasteiger partial charge in [0.1, 0.15) is 0 Å². The number of carbonyl (C=O) groups excluding carboxylic acids is 1. The SMILES string of the molecule is NCCC(=O)c1cscc1Cl. The van der Waals surface area contributed by atoms with Crippen LogP contribution < -0.4 is 5.73 Å². The molecular weight excluding hydrogens is 182 g/mol. The molecule has 1 heterocycles. The molecule has 1 aromatic rings. The molecule has 0 aliphatic rings. The largest absolute Gasteiger partial charge is 0.330 e. The first-order valence-corrected chi connectivity index (χ1v) is 4.52. The fraction of sp³-hybridized carbons (Fsp3) is 0.286. The Morgan fingerprint density at radius 1 is 1.64 bits per heavy atom. The standard InChI is InChI=1S/C7H8ClNOS/c8-6-4-11-3-5(6)7(10)1-2-9/h3-4H,1-2,9H2. The third-order valence-corrected chi connectivity index (χ3v) is 2.47. The quantitative estimate of drug-likeness (QED) is 0.739. The average molecular weight is 190 g/mol. The Morgan fingerprint density at radius 3 is 2.82 bits per heavy atom. The fourth-order valence-electron chi connectivity index (χ4n) is 0.746. The van der Waals surface area contributed by atoms with Gasteiger partial charge >= 0.3 is 0 Å². The van der Waals surface area contributed by atoms with Gasteiger partial charge in [-0.3, -0.25) is 4.79 Å². The number of rotatable bonds is 3. The van der Waals surface area contributed by atoms with E-state index in [9.17, 15) is 4.79 Å². The molecule has 0 spiro atoms. The molecule has 2 nitrogen and oxygen atoms in total. The molecule has 0 saturated heterocycles. The van der Waals surface area contributed by atoms with Crippen molar-refractivity contribution in [2.75, 3.05) is 6.54 Å². The summed E-state index contributed by atoms with van der Waals surface area (Å²) in [5, 5.41) is 4.03. The van der Waals surface area contributed by atoms with Gasteiger partial charge < -0.3 is 5.73 Å². The second-order valence-electron chi connectivity index (χ2n) is 2.10. The van der Waals surface area contributed by atoms with Crippen molar-refractivity contribution in [3.63, 3.8) is 0 Å². The van der Waals surface area contributed by atoms with E-state index in [1.165, 1.54) is 11.3 Å². The van der Waals surface area contributed by atoms with Crippen molar-refractivity contribution in [2.24, 2.45) is 5.73 Å². The first kappa shape index (κ1) is 8.71. The topological polar surface area (TPSA) is 43.1 Å². The number of hydrogen-bond acceptors (Lipinski definition) is 3. The molecule has 0 saturated carbocycles. The number of halogens is 1. The van der Waals surface area contributed by atoms with Crippen molar-refractivity contribution < 1.29 is 4.79 Å². The van der Waals surface area contributed by atoms with Crippen LogP contribution in [0.3, 0.4) is 0 Å². The average Bonchev–Trinajstić information content (AvgIpc) is 2.36. The maximum atomic E-state index is 11.2. The summed E-state index contributed by atoms with van der Waals surface area (Å²) >= 11 is 7.15. The highest BCUT2D eigenvalue weighted by molar-refractivity contribution is 7.08. The Labute approximate surface area is 74.0 Å². The van der Waals surface area contributed by atoms with Crippen LogP contribution in [-0.4, -0.2) is 12.3 Å². The molecule has 0 radical (unpaired) electrons. The van der Waals surface area contributed by atoms with Gasteiger partial charge in [0.15, 0.2) is 5.78 Å². The molecule has 1 aromatic heterocycles. The predicted octanol–water partition coefficient (Wildman–Crippen LogP) is 1.93. The second-order valence-corrected chi connectivity index (χ2v) is 3.25. The van der Waals surface area contributed by atoms with Gasteiger partial charge in [-0.05, 0) is 6.54 Å². The third-order valence-electron chi connectivity index (χ3n) is 1.29. The molecule has 1 rings (SSSR count). The zero-order valence-electron chi connectivity index (χ0n) is 5.84. The van der Waals surface area contributed by atoms with Gasteiger partial charge in [-0.15, -0.1) is 0 Å². The van der Waals surface area contributed by atoms with E-state index < -0.39 is 0 Å². The van der Waals surface area contributed by atoms with E-state index in [4.69, 9.17) is 17.3 Å². The summed E-state index contributed by atoms with van der Waals surface area (Å²) in [5.74, 6) is 0.0266. The fourth-order valence-corrected chi connectivity index (χ4v) is 1.83. The monoisotopic (exact) mass is 189 g/mol. The van der Waals surface area contributed by atoms with Crippen molar-refractivity contribution in [3.05, 3.63) is 21.3 Å². The minimum absolute atomic E-state index is 0.0266. The smallest absolute Gasteiger partial charge is 0.166 e. The van der Waals surface area contributed by atoms with Crippen LogP contribution in [-0.2, 0) is 0 Å². The van der Waals surface area contributed by atoms with Crippen molar-refractivity contribution in [2.45, 2.75) is 6.42 Å². The number of thiophene rings is 1. The normalized spacial score (nSPS) is 10.0. The second kappa shape index (κ2) is 3.85. The number of nitrogens with two attached hydrogens (primary N) is 1. The lowest BCUT2D eigenvalue weighted by atomic mass is 10.2. The maximum absolute atomic E-state index is 11.2. The highest BCUT2D eigenvalue weighted by Gasteiger charge is 2.09. The van der Waals surface area contributed by atoms with Gasteiger partial charge in [0, 0.05) is 22.7 Å². The summed E-state index contributed by atoms with van der Waals surface area (Å²) < 4.78 is 0. The molecule has 0 fully saturated rings. The molecule has 0 bridgehead atoms. The highest BCUT2D eigenvalue weighted by Crippen LogP contribution is 2.21. The van der Waals surface area contributed by atoms with Crippen LogP contribution in [0.4, 0.5) is 0 Å². The van der Waals surface area contributed by atoms with Crippen molar-refractivity contribution in [1.29, 1.82) is 0 Å². The zero-order valence-corrected chi connectivity index (χ0v) is 7.41. The van der Waals surface area contributed by atoms with Crippen LogP contribution in [0.1, 0.15) is 16.8 Å². The molecule has 0 unspecified atom stereocenters. The summed E-state index contributed by atoms with van der Waals surface area (Å²) in [7, 11) is 0. The zero-order chi connectivity index (χ0) is 8.27. The lowest BCUT2D eigenvalue weighted by Gasteiger charge is -1.94. The first-order chi connectivity index (χ1) is 5.25. The molecule has 4 heteroatoms. The summed E-state index contributed by atoms with van der Waals surface area (Å²) in [6, 6.07) is 0. The lowest BCUT2D eigenvalue weighted by molar-refractivity contribution is 0.0986. The summed E-state index contributed by atoms with van der Waals surface area (Å²) in [6.07, 6.45) is 0.371. The Kier molecular flexibility index (Phi) is 3.05. The number of ketones is 1. The molecule has 11 heavy (non-hydrogen) atoms. The number of hydrogen-bond donors (Lipinski definition) is 1. The van der Waals surface area contributed by atoms with Gasteiger partial charge in [0.2, 0.25) is 0 Å². The first-order valence-electron chi connectivity index (χ1n) is 3.20. The van der Waals surface area contributed by atoms with E-state index in [1.807, 2.05) is 0 Å². The van der Waals surface area contributed by atoms with E-state index in [2.05, 4.69) is 0 Å². The van der Waals surface area contributed by atoms with E-state index in [0.717, 1.165) is 0 Å². The van der Waals surface area contributed by atoms with Gasteiger partial charge in [-0.2, -0.15) is 11.3 Å². The van der Waals surface area contributed by atoms with E-state index in [1.54, 1.807) is 10.8 Å². The lowest BCUT2D eigenvalue weighted by Crippen LogP contribution is -2.07. The van der Waals surface area contributed by atoms with Gasteiger partial charge in [0.25, 0.3) is 0 Å². The van der Waals surface area contributed by atoms with E-state index >= 15 is 0 Å². The predicted molar refractivity (Wildman–Crippen MR) is 47.3 cm³/mol. The molecular formula is C7H8ClNOS. The van der Waals surface area contributed by atoms with Crippen molar-refractivity contribution in [3.8, 4) is 0 Å². The minimum atomic E-state index is 0.0266. The summed E-state index contributed by atoms with van der Waals surface area (Å²) in [4.78, 5) is 11.2. The number of carbonyl (C=O) groups is 1. The Morgan fingerprint density at radius 2 is 2.36 bits per heavy atom. The Balaban J connectivity index is 2.76. The van der Waals surface area contributed by atoms with Crippen LogP contribution in [0.5, 0.6) is 0 Å². The van der Waals surface area contributed by atoms with Gasteiger partial charge in [-0.1, -0.05) is 11.6 Å². The van der Waals surface area contributed by atoms with Crippen molar-refractivity contribution >= 4 is 28.7 Å². The highest BCUT2D eigenvalue weighted by atomic mass is 35.5. The Bertz CT molecular complexity index is 259. The van der Waals surface area contributed by atoms with Crippen LogP contribution in [0.2, 0.25) is 5.02 Å². The maximum Gasteiger partial charge on any atom is 0.166 e.